The van der Waals surface area contributed by atoms with E-state index in [0.717, 1.165) is 6.20 Å². The van der Waals surface area contributed by atoms with Crippen LogP contribution in [0.15, 0.2) is 6.20 Å². The van der Waals surface area contributed by atoms with Crippen LogP contribution >= 0.6 is 0 Å². The topological polar surface area (TPSA) is 56.3 Å². The van der Waals surface area contributed by atoms with E-state index in [4.69, 9.17) is 9.47 Å². The Labute approximate surface area is 107 Å². The molecule has 1 N–H and O–H groups in total. The fraction of sp³-hybridized carbons (Fsp3) is 0.667. The molecule has 0 bridgehead atoms. The maximum atomic E-state index is 13.3. The molecule has 1 aromatic rings. The van der Waals surface area contributed by atoms with E-state index in [2.05, 4.69) is 29.1 Å². The van der Waals surface area contributed by atoms with Crippen molar-refractivity contribution in [2.45, 2.75) is 20.8 Å². The van der Waals surface area contributed by atoms with Crippen molar-refractivity contribution in [1.29, 1.82) is 0 Å². The molecular formula is C12H20FN3O2. The third-order valence-electron chi connectivity index (χ3n) is 1.96. The summed E-state index contributed by atoms with van der Waals surface area (Å²) in [5, 5.41) is 2.89. The first-order chi connectivity index (χ1) is 8.63. The molecule has 0 radical (unpaired) electrons. The quantitative estimate of drug-likeness (QED) is 0.723. The molecule has 0 saturated heterocycles. The predicted molar refractivity (Wildman–Crippen MR) is 67.3 cm³/mol. The molecule has 0 aliphatic heterocycles. The van der Waals surface area contributed by atoms with E-state index < -0.39 is 5.82 Å². The lowest BCUT2D eigenvalue weighted by atomic mass is 10.2. The second-order valence-corrected chi connectivity index (χ2v) is 4.19. The van der Waals surface area contributed by atoms with E-state index in [1.807, 2.05) is 6.92 Å². The maximum Gasteiger partial charge on any atom is 0.255 e. The molecule has 0 fully saturated rings. The largest absolute Gasteiger partial charge is 0.473 e. The summed E-state index contributed by atoms with van der Waals surface area (Å²) in [5.74, 6) is 0.216. The highest BCUT2D eigenvalue weighted by Gasteiger charge is 2.07. The Morgan fingerprint density at radius 3 is 2.83 bits per heavy atom. The molecule has 0 atom stereocenters. The van der Waals surface area contributed by atoms with Crippen LogP contribution < -0.4 is 10.1 Å². The van der Waals surface area contributed by atoms with Crippen LogP contribution in [0.3, 0.4) is 0 Å². The van der Waals surface area contributed by atoms with Gasteiger partial charge in [0.1, 0.15) is 6.61 Å². The van der Waals surface area contributed by atoms with Gasteiger partial charge < -0.3 is 14.8 Å². The zero-order chi connectivity index (χ0) is 13.4. The summed E-state index contributed by atoms with van der Waals surface area (Å²) >= 11 is 0. The number of halogens is 1. The van der Waals surface area contributed by atoms with Gasteiger partial charge >= 0.3 is 0 Å². The lowest BCUT2D eigenvalue weighted by molar-refractivity contribution is 0.0793. The molecule has 0 spiro atoms. The summed E-state index contributed by atoms with van der Waals surface area (Å²) < 4.78 is 23.9. The van der Waals surface area contributed by atoms with Crippen molar-refractivity contribution in [3.63, 3.8) is 0 Å². The van der Waals surface area contributed by atoms with Gasteiger partial charge in [0, 0.05) is 13.2 Å². The van der Waals surface area contributed by atoms with Gasteiger partial charge in [-0.1, -0.05) is 13.8 Å². The van der Waals surface area contributed by atoms with E-state index in [9.17, 15) is 4.39 Å². The van der Waals surface area contributed by atoms with Crippen LogP contribution in [0.5, 0.6) is 5.88 Å². The number of hydrogen-bond donors (Lipinski definition) is 1. The molecule has 0 aliphatic carbocycles. The Morgan fingerprint density at radius 1 is 1.39 bits per heavy atom. The summed E-state index contributed by atoms with van der Waals surface area (Å²) in [6.07, 6.45) is 1.09. The van der Waals surface area contributed by atoms with Crippen LogP contribution in [-0.2, 0) is 4.74 Å². The normalized spacial score (nSPS) is 10.7. The van der Waals surface area contributed by atoms with Crippen molar-refractivity contribution >= 4 is 5.95 Å². The van der Waals surface area contributed by atoms with E-state index in [1.54, 1.807) is 0 Å². The SMILES string of the molecule is CCNc1ncc(F)c(OCCOCC(C)C)n1. The second kappa shape index (κ2) is 7.81. The standard InChI is InChI=1S/C12H20FN3O2/c1-4-14-12-15-7-10(13)11(16-12)18-6-5-17-8-9(2)3/h7,9H,4-6,8H2,1-3H3,(H,14,15,16). The van der Waals surface area contributed by atoms with Crippen molar-refractivity contribution in [3.8, 4) is 5.88 Å². The molecule has 18 heavy (non-hydrogen) atoms. The lowest BCUT2D eigenvalue weighted by Crippen LogP contribution is -2.12. The van der Waals surface area contributed by atoms with Crippen LogP contribution in [0.25, 0.3) is 0 Å². The van der Waals surface area contributed by atoms with E-state index in [1.165, 1.54) is 0 Å². The first-order valence-electron chi connectivity index (χ1n) is 6.10. The van der Waals surface area contributed by atoms with Gasteiger partial charge in [-0.25, -0.2) is 4.98 Å². The second-order valence-electron chi connectivity index (χ2n) is 4.19. The van der Waals surface area contributed by atoms with Crippen molar-refractivity contribution in [3.05, 3.63) is 12.0 Å². The fourth-order valence-electron chi connectivity index (χ4n) is 1.21. The van der Waals surface area contributed by atoms with Gasteiger partial charge in [-0.05, 0) is 12.8 Å². The summed E-state index contributed by atoms with van der Waals surface area (Å²) in [7, 11) is 0. The van der Waals surface area contributed by atoms with Gasteiger partial charge in [0.15, 0.2) is 0 Å². The molecule has 5 nitrogen and oxygen atoms in total. The minimum absolute atomic E-state index is 0.0471. The lowest BCUT2D eigenvalue weighted by Gasteiger charge is -2.09. The van der Waals surface area contributed by atoms with Crippen LogP contribution in [0.1, 0.15) is 20.8 Å². The Morgan fingerprint density at radius 2 is 2.17 bits per heavy atom. The van der Waals surface area contributed by atoms with Gasteiger partial charge in [-0.2, -0.15) is 9.37 Å². The molecule has 1 rings (SSSR count). The third-order valence-corrected chi connectivity index (χ3v) is 1.96. The highest BCUT2D eigenvalue weighted by molar-refractivity contribution is 5.27. The number of rotatable bonds is 8. The van der Waals surface area contributed by atoms with Crippen molar-refractivity contribution in [1.82, 2.24) is 9.97 Å². The third kappa shape index (κ3) is 5.27. The minimum Gasteiger partial charge on any atom is -0.473 e. The molecule has 0 aliphatic rings. The van der Waals surface area contributed by atoms with Gasteiger partial charge in [-0.15, -0.1) is 0 Å². The van der Waals surface area contributed by atoms with Crippen molar-refractivity contribution in [2.75, 3.05) is 31.7 Å². The molecule has 1 aromatic heterocycles. The van der Waals surface area contributed by atoms with Crippen LogP contribution in [0.4, 0.5) is 10.3 Å². The Balaban J connectivity index is 2.38. The molecule has 0 amide bonds. The first-order valence-corrected chi connectivity index (χ1v) is 6.10. The van der Waals surface area contributed by atoms with E-state index >= 15 is 0 Å². The number of aromatic nitrogens is 2. The van der Waals surface area contributed by atoms with Crippen molar-refractivity contribution < 1.29 is 13.9 Å². The van der Waals surface area contributed by atoms with Gasteiger partial charge in [0.05, 0.1) is 12.8 Å². The van der Waals surface area contributed by atoms with Crippen LogP contribution in [-0.4, -0.2) is 36.3 Å². The fourth-order valence-corrected chi connectivity index (χ4v) is 1.21. The smallest absolute Gasteiger partial charge is 0.255 e. The number of ether oxygens (including phenoxy) is 2. The van der Waals surface area contributed by atoms with E-state index in [-0.39, 0.29) is 12.5 Å². The molecule has 0 saturated carbocycles. The average Bonchev–Trinajstić information content (AvgIpc) is 2.32. The van der Waals surface area contributed by atoms with Crippen LogP contribution in [0.2, 0.25) is 0 Å². The minimum atomic E-state index is -0.569. The Hall–Kier alpha value is -1.43. The van der Waals surface area contributed by atoms with Gasteiger partial charge in [0.2, 0.25) is 11.8 Å². The molecule has 1 heterocycles. The highest BCUT2D eigenvalue weighted by Crippen LogP contribution is 2.14. The zero-order valence-corrected chi connectivity index (χ0v) is 11.1. The van der Waals surface area contributed by atoms with Gasteiger partial charge in [-0.3, -0.25) is 0 Å². The average molecular weight is 257 g/mol. The van der Waals surface area contributed by atoms with Crippen molar-refractivity contribution in [2.24, 2.45) is 5.92 Å². The summed E-state index contributed by atoms with van der Waals surface area (Å²) in [6.45, 7) is 8.06. The molecule has 6 heteroatoms. The Kier molecular flexibility index (Phi) is 6.35. The zero-order valence-electron chi connectivity index (χ0n) is 11.1. The molecule has 0 aromatic carbocycles. The number of anilines is 1. The number of nitrogens with one attached hydrogen (secondary N) is 1. The maximum absolute atomic E-state index is 13.3. The molecular weight excluding hydrogens is 237 g/mol. The monoisotopic (exact) mass is 257 g/mol. The van der Waals surface area contributed by atoms with Crippen LogP contribution in [0, 0.1) is 11.7 Å². The summed E-state index contributed by atoms with van der Waals surface area (Å²) in [4.78, 5) is 7.71. The number of hydrogen-bond acceptors (Lipinski definition) is 5. The summed E-state index contributed by atoms with van der Waals surface area (Å²) in [5.41, 5.74) is 0. The molecule has 102 valence electrons. The first kappa shape index (κ1) is 14.6. The molecule has 0 unspecified atom stereocenters. The predicted octanol–water partition coefficient (Wildman–Crippen LogP) is 2.10. The highest BCUT2D eigenvalue weighted by atomic mass is 19.1. The number of nitrogens with zero attached hydrogens (tertiary/aromatic N) is 2. The Bertz CT molecular complexity index is 361. The van der Waals surface area contributed by atoms with Gasteiger partial charge in [0.25, 0.3) is 5.88 Å². The van der Waals surface area contributed by atoms with E-state index in [0.29, 0.717) is 31.6 Å². The summed E-state index contributed by atoms with van der Waals surface area (Å²) in [6, 6.07) is 0.